The lowest BCUT2D eigenvalue weighted by molar-refractivity contribution is -0.135. The molecule has 1 aliphatic rings. The lowest BCUT2D eigenvalue weighted by atomic mass is 9.85. The third-order valence-corrected chi connectivity index (χ3v) is 6.23. The summed E-state index contributed by atoms with van der Waals surface area (Å²) in [4.78, 5) is 43.3. The highest BCUT2D eigenvalue weighted by Gasteiger charge is 2.52. The predicted molar refractivity (Wildman–Crippen MR) is 131 cm³/mol. The van der Waals surface area contributed by atoms with Crippen molar-refractivity contribution in [3.63, 3.8) is 0 Å². The number of amides is 1. The van der Waals surface area contributed by atoms with E-state index >= 15 is 0 Å². The Morgan fingerprint density at radius 2 is 1.56 bits per heavy atom. The molecule has 2 aromatic carbocycles. The van der Waals surface area contributed by atoms with E-state index in [0.29, 0.717) is 22.7 Å². The molecule has 1 aromatic heterocycles. The Balaban J connectivity index is 1.81. The largest absolute Gasteiger partial charge is 0.378 e. The minimum atomic E-state index is -1.18. The molecule has 3 aromatic rings. The molecule has 34 heavy (non-hydrogen) atoms. The molecule has 174 valence electrons. The van der Waals surface area contributed by atoms with Crippen LogP contribution < -0.4 is 9.80 Å². The van der Waals surface area contributed by atoms with Crippen molar-refractivity contribution in [2.75, 3.05) is 23.9 Å². The van der Waals surface area contributed by atoms with Crippen molar-refractivity contribution in [3.8, 4) is 0 Å². The number of aromatic nitrogens is 2. The summed E-state index contributed by atoms with van der Waals surface area (Å²) in [5.41, 5.74) is 3.84. The van der Waals surface area contributed by atoms with Gasteiger partial charge >= 0.3 is 0 Å². The molecule has 2 heterocycles. The molecule has 0 aliphatic carbocycles. The topological polar surface area (TPSA) is 83.5 Å². The average Bonchev–Trinajstić information content (AvgIpc) is 3.09. The van der Waals surface area contributed by atoms with Gasteiger partial charge in [0.25, 0.3) is 5.91 Å². The summed E-state index contributed by atoms with van der Waals surface area (Å²) >= 11 is 0. The van der Waals surface area contributed by atoms with Crippen molar-refractivity contribution in [2.24, 2.45) is 5.92 Å². The number of aryl methyl sites for hydroxylation is 1. The zero-order valence-corrected chi connectivity index (χ0v) is 20.0. The highest BCUT2D eigenvalue weighted by Crippen LogP contribution is 2.41. The molecule has 0 spiro atoms. The van der Waals surface area contributed by atoms with Crippen molar-refractivity contribution in [3.05, 3.63) is 83.0 Å². The lowest BCUT2D eigenvalue weighted by Crippen LogP contribution is -2.31. The summed E-state index contributed by atoms with van der Waals surface area (Å²) in [6.45, 7) is 5.98. The molecule has 0 saturated carbocycles. The van der Waals surface area contributed by atoms with Gasteiger partial charge in [-0.3, -0.25) is 19.3 Å². The van der Waals surface area contributed by atoms with Crippen LogP contribution in [0, 0.1) is 12.8 Å². The van der Waals surface area contributed by atoms with E-state index in [9.17, 15) is 14.4 Å². The van der Waals surface area contributed by atoms with E-state index in [1.54, 1.807) is 31.2 Å². The van der Waals surface area contributed by atoms with E-state index in [-0.39, 0.29) is 11.6 Å². The molecule has 2 unspecified atom stereocenters. The number of carbonyl (C=O) groups is 3. The van der Waals surface area contributed by atoms with Crippen LogP contribution in [-0.2, 0) is 9.59 Å². The van der Waals surface area contributed by atoms with Crippen LogP contribution in [-0.4, -0.2) is 41.8 Å². The van der Waals surface area contributed by atoms with Gasteiger partial charge in [0.15, 0.2) is 11.6 Å². The fraction of sp³-hybridized carbons (Fsp3) is 0.296. The highest BCUT2D eigenvalue weighted by atomic mass is 16.2. The van der Waals surface area contributed by atoms with E-state index in [1.165, 1.54) is 4.90 Å². The molecule has 1 amide bonds. The van der Waals surface area contributed by atoms with E-state index < -0.39 is 23.7 Å². The molecule has 7 nitrogen and oxygen atoms in total. The van der Waals surface area contributed by atoms with Gasteiger partial charge < -0.3 is 4.90 Å². The number of carbonyl (C=O) groups excluding carboxylic acids is 3. The second kappa shape index (κ2) is 9.17. The maximum absolute atomic E-state index is 13.6. The predicted octanol–water partition coefficient (Wildman–Crippen LogP) is 4.13. The fourth-order valence-electron chi connectivity index (χ4n) is 4.22. The first kappa shape index (κ1) is 23.3. The van der Waals surface area contributed by atoms with Gasteiger partial charge in [0.05, 0.1) is 11.7 Å². The third-order valence-electron chi connectivity index (χ3n) is 6.23. The fourth-order valence-corrected chi connectivity index (χ4v) is 4.22. The third kappa shape index (κ3) is 4.21. The average molecular weight is 457 g/mol. The minimum absolute atomic E-state index is 0.250. The van der Waals surface area contributed by atoms with Crippen LogP contribution in [0.2, 0.25) is 0 Å². The Kier molecular flexibility index (Phi) is 6.28. The van der Waals surface area contributed by atoms with Crippen molar-refractivity contribution in [1.82, 2.24) is 10.2 Å². The molecular formula is C27H28N4O3. The van der Waals surface area contributed by atoms with Gasteiger partial charge in [-0.1, -0.05) is 38.1 Å². The van der Waals surface area contributed by atoms with Crippen molar-refractivity contribution in [2.45, 2.75) is 32.7 Å². The van der Waals surface area contributed by atoms with Gasteiger partial charge in [-0.05, 0) is 60.4 Å². The van der Waals surface area contributed by atoms with Crippen molar-refractivity contribution in [1.29, 1.82) is 0 Å². The Morgan fingerprint density at radius 3 is 2.09 bits per heavy atom. The van der Waals surface area contributed by atoms with Crippen LogP contribution in [0.5, 0.6) is 0 Å². The molecule has 2 atom stereocenters. The highest BCUT2D eigenvalue weighted by molar-refractivity contribution is 6.48. The smallest absolute Gasteiger partial charge is 0.297 e. The standard InChI is InChI=1S/C27H28N4O3/c1-16(2)18-7-9-19(10-8-18)24-23(25(32)20-11-13-21(14-12-20)30(4)5)26(33)27(34)31(24)22-15-6-17(3)28-29-22/h6-16,23-24H,1-5H3. The number of Topliss-reactive ketones (excluding diaryl/α,β-unsaturated/α-hetero) is 2. The summed E-state index contributed by atoms with van der Waals surface area (Å²) in [5, 5.41) is 8.21. The van der Waals surface area contributed by atoms with Crippen LogP contribution in [0.1, 0.15) is 53.0 Å². The number of nitrogens with zero attached hydrogens (tertiary/aromatic N) is 4. The second-order valence-corrected chi connectivity index (χ2v) is 9.12. The van der Waals surface area contributed by atoms with Gasteiger partial charge in [-0.2, -0.15) is 5.10 Å². The van der Waals surface area contributed by atoms with Crippen LogP contribution >= 0.6 is 0 Å². The molecule has 1 aliphatic heterocycles. The van der Waals surface area contributed by atoms with E-state index in [4.69, 9.17) is 0 Å². The maximum atomic E-state index is 13.6. The molecule has 1 saturated heterocycles. The number of anilines is 2. The zero-order chi connectivity index (χ0) is 24.6. The first-order chi connectivity index (χ1) is 16.2. The maximum Gasteiger partial charge on any atom is 0.297 e. The molecule has 4 rings (SSSR count). The monoisotopic (exact) mass is 456 g/mol. The Labute approximate surface area is 199 Å². The van der Waals surface area contributed by atoms with E-state index in [2.05, 4.69) is 24.0 Å². The Bertz CT molecular complexity index is 1220. The zero-order valence-electron chi connectivity index (χ0n) is 20.0. The first-order valence-electron chi connectivity index (χ1n) is 11.3. The number of hydrogen-bond donors (Lipinski definition) is 0. The van der Waals surface area contributed by atoms with Crippen molar-refractivity contribution >= 4 is 29.0 Å². The Morgan fingerprint density at radius 1 is 0.912 bits per heavy atom. The molecule has 0 N–H and O–H groups in total. The van der Waals surface area contributed by atoms with Gasteiger partial charge in [0.2, 0.25) is 5.78 Å². The summed E-state index contributed by atoms with van der Waals surface area (Å²) < 4.78 is 0. The van der Waals surface area contributed by atoms with E-state index in [1.807, 2.05) is 55.4 Å². The number of hydrogen-bond acceptors (Lipinski definition) is 6. The molecule has 1 fully saturated rings. The summed E-state index contributed by atoms with van der Waals surface area (Å²) in [6.07, 6.45) is 0. The first-order valence-corrected chi connectivity index (χ1v) is 11.3. The Hall–Kier alpha value is -3.87. The summed E-state index contributed by atoms with van der Waals surface area (Å²) in [6, 6.07) is 17.3. The van der Waals surface area contributed by atoms with Crippen LogP contribution in [0.3, 0.4) is 0 Å². The number of rotatable bonds is 6. The van der Waals surface area contributed by atoms with Gasteiger partial charge in [-0.25, -0.2) is 0 Å². The van der Waals surface area contributed by atoms with Crippen LogP contribution in [0.25, 0.3) is 0 Å². The normalized spacial score (nSPS) is 18.0. The summed E-state index contributed by atoms with van der Waals surface area (Å²) in [5.74, 6) is -2.47. The number of benzene rings is 2. The number of ketones is 2. The molecule has 0 bridgehead atoms. The molecule has 0 radical (unpaired) electrons. The molecular weight excluding hydrogens is 428 g/mol. The van der Waals surface area contributed by atoms with Gasteiger partial charge in [-0.15, -0.1) is 5.10 Å². The molecule has 7 heteroatoms. The van der Waals surface area contributed by atoms with E-state index in [0.717, 1.165) is 11.3 Å². The minimum Gasteiger partial charge on any atom is -0.378 e. The lowest BCUT2D eigenvalue weighted by Gasteiger charge is -2.26. The quantitative estimate of drug-likeness (QED) is 0.315. The van der Waals surface area contributed by atoms with Crippen LogP contribution in [0.4, 0.5) is 11.5 Å². The van der Waals surface area contributed by atoms with Crippen molar-refractivity contribution < 1.29 is 14.4 Å². The second-order valence-electron chi connectivity index (χ2n) is 9.12. The van der Waals surface area contributed by atoms with Gasteiger partial charge in [0.1, 0.15) is 5.92 Å². The van der Waals surface area contributed by atoms with Gasteiger partial charge in [0, 0.05) is 25.3 Å². The summed E-state index contributed by atoms with van der Waals surface area (Å²) in [7, 11) is 3.82. The van der Waals surface area contributed by atoms with Crippen LogP contribution in [0.15, 0.2) is 60.7 Å². The SMILES string of the molecule is Cc1ccc(N2C(=O)C(=O)C(C(=O)c3ccc(N(C)C)cc3)C2c2ccc(C(C)C)cc2)nn1.